The Morgan fingerprint density at radius 1 is 0.500 bits per heavy atom. The number of fused-ring (bicyclic) bond motifs is 2. The summed E-state index contributed by atoms with van der Waals surface area (Å²) in [6.07, 6.45) is 4.73. The molecule has 0 radical (unpaired) electrons. The maximum Gasteiger partial charge on any atom is 0.0406 e. The molecular formula is C26H20Cl2. The van der Waals surface area contributed by atoms with E-state index in [9.17, 15) is 0 Å². The van der Waals surface area contributed by atoms with Crippen molar-refractivity contribution in [3.8, 4) is 22.3 Å². The van der Waals surface area contributed by atoms with Gasteiger partial charge < -0.3 is 0 Å². The molecular weight excluding hydrogens is 383 g/mol. The number of halogens is 2. The molecule has 0 nitrogen and oxygen atoms in total. The lowest BCUT2D eigenvalue weighted by atomic mass is 9.78. The Labute approximate surface area is 175 Å². The fraction of sp³-hybridized carbons (Fsp3) is 0.154. The summed E-state index contributed by atoms with van der Waals surface area (Å²) in [5.41, 5.74) is 8.25. The molecule has 0 bridgehead atoms. The van der Waals surface area contributed by atoms with Crippen molar-refractivity contribution in [3.05, 3.63) is 94.0 Å². The second kappa shape index (κ2) is 7.28. The first-order valence-corrected chi connectivity index (χ1v) is 10.6. The van der Waals surface area contributed by atoms with Gasteiger partial charge in [0.1, 0.15) is 0 Å². The van der Waals surface area contributed by atoms with E-state index in [1.165, 1.54) is 57.0 Å². The van der Waals surface area contributed by atoms with Gasteiger partial charge in [-0.15, -0.1) is 0 Å². The van der Waals surface area contributed by atoms with Crippen LogP contribution in [-0.2, 0) is 12.8 Å². The van der Waals surface area contributed by atoms with E-state index in [0.717, 1.165) is 22.9 Å². The Morgan fingerprint density at radius 2 is 0.893 bits per heavy atom. The standard InChI is InChI=1S/C26H20Cl2/c27-19-13-9-17(10-14-19)25-21-5-1-2-6-22(21)26(18-11-15-20(28)16-12-18)24-8-4-3-7-23(24)25/h1-2,5-6,9-16H,3-4,7-8H2. The first-order valence-electron chi connectivity index (χ1n) is 9.81. The molecule has 1 aliphatic carbocycles. The summed E-state index contributed by atoms with van der Waals surface area (Å²) >= 11 is 12.3. The van der Waals surface area contributed by atoms with E-state index >= 15 is 0 Å². The summed E-state index contributed by atoms with van der Waals surface area (Å²) in [5, 5.41) is 4.19. The molecule has 0 unspecified atom stereocenters. The molecule has 0 spiro atoms. The molecule has 0 aliphatic heterocycles. The average Bonchev–Trinajstić information content (AvgIpc) is 2.74. The maximum atomic E-state index is 6.17. The zero-order valence-corrected chi connectivity index (χ0v) is 17.0. The predicted molar refractivity (Wildman–Crippen MR) is 121 cm³/mol. The average molecular weight is 403 g/mol. The van der Waals surface area contributed by atoms with E-state index in [1.807, 2.05) is 24.3 Å². The van der Waals surface area contributed by atoms with Crippen molar-refractivity contribution >= 4 is 34.0 Å². The maximum absolute atomic E-state index is 6.17. The van der Waals surface area contributed by atoms with Crippen molar-refractivity contribution < 1.29 is 0 Å². The molecule has 0 saturated carbocycles. The van der Waals surface area contributed by atoms with Crippen molar-refractivity contribution in [2.24, 2.45) is 0 Å². The van der Waals surface area contributed by atoms with Crippen LogP contribution in [0.5, 0.6) is 0 Å². The Morgan fingerprint density at radius 3 is 1.29 bits per heavy atom. The van der Waals surface area contributed by atoms with Crippen molar-refractivity contribution in [1.29, 1.82) is 0 Å². The number of hydrogen-bond donors (Lipinski definition) is 0. The zero-order valence-electron chi connectivity index (χ0n) is 15.5. The fourth-order valence-corrected chi connectivity index (χ4v) is 4.85. The monoisotopic (exact) mass is 402 g/mol. The van der Waals surface area contributed by atoms with Crippen LogP contribution in [-0.4, -0.2) is 0 Å². The highest BCUT2D eigenvalue weighted by atomic mass is 35.5. The molecule has 0 amide bonds. The normalized spacial score (nSPS) is 13.5. The smallest absolute Gasteiger partial charge is 0.0406 e. The molecule has 1 aliphatic rings. The van der Waals surface area contributed by atoms with Gasteiger partial charge in [0.25, 0.3) is 0 Å². The largest absolute Gasteiger partial charge is 0.0843 e. The minimum atomic E-state index is 0.778. The van der Waals surface area contributed by atoms with Gasteiger partial charge in [-0.2, -0.15) is 0 Å². The van der Waals surface area contributed by atoms with Crippen molar-refractivity contribution in [2.75, 3.05) is 0 Å². The highest BCUT2D eigenvalue weighted by Gasteiger charge is 2.23. The number of rotatable bonds is 2. The van der Waals surface area contributed by atoms with Crippen LogP contribution in [0, 0.1) is 0 Å². The molecule has 0 N–H and O–H groups in total. The minimum absolute atomic E-state index is 0.778. The Hall–Kier alpha value is -2.28. The van der Waals surface area contributed by atoms with Gasteiger partial charge >= 0.3 is 0 Å². The van der Waals surface area contributed by atoms with Gasteiger partial charge in [0.15, 0.2) is 0 Å². The highest BCUT2D eigenvalue weighted by molar-refractivity contribution is 6.31. The van der Waals surface area contributed by atoms with Crippen LogP contribution in [0.15, 0.2) is 72.8 Å². The lowest BCUT2D eigenvalue weighted by Crippen LogP contribution is -2.08. The lowest BCUT2D eigenvalue weighted by Gasteiger charge is -2.26. The summed E-state index contributed by atoms with van der Waals surface area (Å²) in [5.74, 6) is 0. The summed E-state index contributed by atoms with van der Waals surface area (Å²) < 4.78 is 0. The van der Waals surface area contributed by atoms with Gasteiger partial charge in [0.2, 0.25) is 0 Å². The molecule has 138 valence electrons. The molecule has 0 aromatic heterocycles. The third kappa shape index (κ3) is 3.02. The molecule has 4 aromatic carbocycles. The first kappa shape index (κ1) is 17.8. The van der Waals surface area contributed by atoms with Crippen LogP contribution in [0.3, 0.4) is 0 Å². The topological polar surface area (TPSA) is 0 Å². The second-order valence-electron chi connectivity index (χ2n) is 7.47. The summed E-state index contributed by atoms with van der Waals surface area (Å²) in [6.45, 7) is 0. The van der Waals surface area contributed by atoms with E-state index in [-0.39, 0.29) is 0 Å². The second-order valence-corrected chi connectivity index (χ2v) is 8.35. The lowest BCUT2D eigenvalue weighted by molar-refractivity contribution is 0.689. The third-order valence-corrected chi connectivity index (χ3v) is 6.31. The Balaban J connectivity index is 1.89. The van der Waals surface area contributed by atoms with E-state index < -0.39 is 0 Å². The van der Waals surface area contributed by atoms with E-state index in [1.54, 1.807) is 0 Å². The van der Waals surface area contributed by atoms with Gasteiger partial charge in [-0.1, -0.05) is 71.7 Å². The first-order chi connectivity index (χ1) is 13.7. The van der Waals surface area contributed by atoms with Crippen LogP contribution < -0.4 is 0 Å². The van der Waals surface area contributed by atoms with Crippen LogP contribution in [0.25, 0.3) is 33.0 Å². The predicted octanol–water partition coefficient (Wildman–Crippen LogP) is 8.36. The van der Waals surface area contributed by atoms with Gasteiger partial charge in [0, 0.05) is 10.0 Å². The zero-order chi connectivity index (χ0) is 19.1. The van der Waals surface area contributed by atoms with Gasteiger partial charge in [0.05, 0.1) is 0 Å². The molecule has 2 heteroatoms. The van der Waals surface area contributed by atoms with Crippen LogP contribution in [0.2, 0.25) is 10.0 Å². The molecule has 4 aromatic rings. The molecule has 0 saturated heterocycles. The number of hydrogen-bond acceptors (Lipinski definition) is 0. The Bertz CT molecular complexity index is 1060. The van der Waals surface area contributed by atoms with Crippen LogP contribution >= 0.6 is 23.2 Å². The number of benzene rings is 4. The van der Waals surface area contributed by atoms with Gasteiger partial charge in [-0.3, -0.25) is 0 Å². The highest BCUT2D eigenvalue weighted by Crippen LogP contribution is 2.45. The Kier molecular flexibility index (Phi) is 4.62. The van der Waals surface area contributed by atoms with E-state index in [4.69, 9.17) is 23.2 Å². The summed E-state index contributed by atoms with van der Waals surface area (Å²) in [7, 11) is 0. The quantitative estimate of drug-likeness (QED) is 0.315. The van der Waals surface area contributed by atoms with Gasteiger partial charge in [-0.25, -0.2) is 0 Å². The molecule has 0 fully saturated rings. The van der Waals surface area contributed by atoms with Crippen LogP contribution in [0.4, 0.5) is 0 Å². The summed E-state index contributed by atoms with van der Waals surface area (Å²) in [4.78, 5) is 0. The van der Waals surface area contributed by atoms with Crippen LogP contribution in [0.1, 0.15) is 24.0 Å². The molecule has 5 rings (SSSR count). The van der Waals surface area contributed by atoms with Crippen molar-refractivity contribution in [2.45, 2.75) is 25.7 Å². The van der Waals surface area contributed by atoms with Crippen molar-refractivity contribution in [3.63, 3.8) is 0 Å². The van der Waals surface area contributed by atoms with E-state index in [2.05, 4.69) is 48.5 Å². The summed E-state index contributed by atoms with van der Waals surface area (Å²) in [6, 6.07) is 25.4. The third-order valence-electron chi connectivity index (χ3n) is 5.80. The minimum Gasteiger partial charge on any atom is -0.0843 e. The fourth-order valence-electron chi connectivity index (χ4n) is 4.59. The molecule has 0 atom stereocenters. The molecule has 28 heavy (non-hydrogen) atoms. The SMILES string of the molecule is Clc1ccc(-c2c3c(c(-c4ccc(Cl)cc4)c4ccccc24)CCCC3)cc1. The van der Waals surface area contributed by atoms with Gasteiger partial charge in [-0.05, 0) is 94.1 Å². The van der Waals surface area contributed by atoms with E-state index in [0.29, 0.717) is 0 Å². The van der Waals surface area contributed by atoms with Crippen molar-refractivity contribution in [1.82, 2.24) is 0 Å². The molecule has 0 heterocycles.